The molecule has 0 spiro atoms. The molecule has 21 heavy (non-hydrogen) atoms. The van der Waals surface area contributed by atoms with Crippen molar-refractivity contribution in [1.29, 1.82) is 0 Å². The minimum Gasteiger partial charge on any atom is -0.481 e. The van der Waals surface area contributed by atoms with Crippen LogP contribution >= 0.6 is 0 Å². The fourth-order valence-corrected chi connectivity index (χ4v) is 2.82. The standard InChI is InChI=1S/C15H26N4O2/c1-10(2)13-11(15(21-4)19(3)18-13)9-17-12-7-5-6-8-16-14(12)20/h10,12,17H,5-9H2,1-4H3,(H,16,20). The number of methoxy groups -OCH3 is 1. The molecule has 1 aromatic rings. The second-order valence-corrected chi connectivity index (χ2v) is 5.87. The molecule has 0 bridgehead atoms. The van der Waals surface area contributed by atoms with Gasteiger partial charge in [-0.3, -0.25) is 4.79 Å². The summed E-state index contributed by atoms with van der Waals surface area (Å²) in [5, 5.41) is 10.8. The van der Waals surface area contributed by atoms with Gasteiger partial charge in [0, 0.05) is 20.1 Å². The third kappa shape index (κ3) is 3.56. The fraction of sp³-hybridized carbons (Fsp3) is 0.733. The zero-order valence-electron chi connectivity index (χ0n) is 13.4. The SMILES string of the molecule is COc1c(CNC2CCCCNC2=O)c(C(C)C)nn1C. The largest absolute Gasteiger partial charge is 0.481 e. The van der Waals surface area contributed by atoms with Crippen LogP contribution in [0.5, 0.6) is 5.88 Å². The van der Waals surface area contributed by atoms with E-state index in [0.717, 1.165) is 42.9 Å². The second kappa shape index (κ2) is 6.93. The Kier molecular flexibility index (Phi) is 5.22. The minimum absolute atomic E-state index is 0.0986. The van der Waals surface area contributed by atoms with Gasteiger partial charge < -0.3 is 15.4 Å². The highest BCUT2D eigenvalue weighted by Crippen LogP contribution is 2.27. The van der Waals surface area contributed by atoms with Crippen molar-refractivity contribution < 1.29 is 9.53 Å². The number of ether oxygens (including phenoxy) is 1. The van der Waals surface area contributed by atoms with Crippen LogP contribution in [0.2, 0.25) is 0 Å². The van der Waals surface area contributed by atoms with E-state index in [1.807, 2.05) is 7.05 Å². The Hall–Kier alpha value is -1.56. The maximum atomic E-state index is 12.0. The van der Waals surface area contributed by atoms with Crippen molar-refractivity contribution in [3.05, 3.63) is 11.3 Å². The molecule has 1 aliphatic rings. The van der Waals surface area contributed by atoms with E-state index < -0.39 is 0 Å². The molecule has 1 atom stereocenters. The monoisotopic (exact) mass is 294 g/mol. The lowest BCUT2D eigenvalue weighted by atomic mass is 10.0. The van der Waals surface area contributed by atoms with Crippen LogP contribution in [0.3, 0.4) is 0 Å². The van der Waals surface area contributed by atoms with Crippen LogP contribution in [-0.4, -0.2) is 35.4 Å². The van der Waals surface area contributed by atoms with E-state index in [9.17, 15) is 4.79 Å². The van der Waals surface area contributed by atoms with Gasteiger partial charge in [0.05, 0.1) is 24.4 Å². The summed E-state index contributed by atoms with van der Waals surface area (Å²) in [4.78, 5) is 12.0. The normalized spacial score (nSPS) is 19.5. The smallest absolute Gasteiger partial charge is 0.237 e. The topological polar surface area (TPSA) is 68.2 Å². The van der Waals surface area contributed by atoms with Crippen molar-refractivity contribution >= 4 is 5.91 Å². The molecule has 118 valence electrons. The molecule has 1 saturated heterocycles. The number of hydrogen-bond acceptors (Lipinski definition) is 4. The van der Waals surface area contributed by atoms with Gasteiger partial charge in [-0.1, -0.05) is 13.8 Å². The Morgan fingerprint density at radius 2 is 2.24 bits per heavy atom. The van der Waals surface area contributed by atoms with Crippen molar-refractivity contribution in [3.8, 4) is 5.88 Å². The van der Waals surface area contributed by atoms with Crippen LogP contribution in [0.1, 0.15) is 50.3 Å². The lowest BCUT2D eigenvalue weighted by Crippen LogP contribution is -2.42. The van der Waals surface area contributed by atoms with Gasteiger partial charge in [0.2, 0.25) is 11.8 Å². The summed E-state index contributed by atoms with van der Waals surface area (Å²) in [6.07, 6.45) is 3.00. The summed E-state index contributed by atoms with van der Waals surface area (Å²) < 4.78 is 7.22. The molecule has 6 heteroatoms. The van der Waals surface area contributed by atoms with E-state index in [2.05, 4.69) is 29.6 Å². The number of aryl methyl sites for hydroxylation is 1. The summed E-state index contributed by atoms with van der Waals surface area (Å²) in [6.45, 7) is 5.61. The zero-order chi connectivity index (χ0) is 15.4. The van der Waals surface area contributed by atoms with Gasteiger partial charge in [0.25, 0.3) is 0 Å². The molecule has 1 aliphatic heterocycles. The molecule has 1 unspecified atom stereocenters. The highest BCUT2D eigenvalue weighted by Gasteiger charge is 2.23. The van der Waals surface area contributed by atoms with Crippen LogP contribution in [0.25, 0.3) is 0 Å². The average Bonchev–Trinajstić information content (AvgIpc) is 2.62. The molecule has 2 N–H and O–H groups in total. The molecule has 1 amide bonds. The number of nitrogens with one attached hydrogen (secondary N) is 2. The van der Waals surface area contributed by atoms with Crippen molar-refractivity contribution in [2.75, 3.05) is 13.7 Å². The number of amides is 1. The number of nitrogens with zero attached hydrogens (tertiary/aromatic N) is 2. The summed E-state index contributed by atoms with van der Waals surface area (Å²) in [5.74, 6) is 1.18. The van der Waals surface area contributed by atoms with E-state index in [1.54, 1.807) is 11.8 Å². The molecule has 2 rings (SSSR count). The molecule has 0 aromatic carbocycles. The van der Waals surface area contributed by atoms with Crippen molar-refractivity contribution in [2.45, 2.75) is 51.6 Å². The van der Waals surface area contributed by atoms with Crippen LogP contribution in [0.15, 0.2) is 0 Å². The first-order valence-corrected chi connectivity index (χ1v) is 7.65. The quantitative estimate of drug-likeness (QED) is 0.859. The maximum absolute atomic E-state index is 12.0. The lowest BCUT2D eigenvalue weighted by Gasteiger charge is -2.16. The van der Waals surface area contributed by atoms with Crippen molar-refractivity contribution in [2.24, 2.45) is 7.05 Å². The van der Waals surface area contributed by atoms with Crippen molar-refractivity contribution in [1.82, 2.24) is 20.4 Å². The van der Waals surface area contributed by atoms with Crippen LogP contribution < -0.4 is 15.4 Å². The molecular formula is C15H26N4O2. The van der Waals surface area contributed by atoms with E-state index >= 15 is 0 Å². The predicted molar refractivity (Wildman–Crippen MR) is 81.3 cm³/mol. The first-order chi connectivity index (χ1) is 10.0. The molecule has 0 radical (unpaired) electrons. The van der Waals surface area contributed by atoms with Gasteiger partial charge in [-0.05, 0) is 25.2 Å². The molecular weight excluding hydrogens is 268 g/mol. The number of hydrogen-bond donors (Lipinski definition) is 2. The van der Waals surface area contributed by atoms with Gasteiger partial charge in [0.15, 0.2) is 0 Å². The molecule has 1 aromatic heterocycles. The Labute approximate surface area is 126 Å². The van der Waals surface area contributed by atoms with Gasteiger partial charge >= 0.3 is 0 Å². The summed E-state index contributed by atoms with van der Waals surface area (Å²) >= 11 is 0. The fourth-order valence-electron chi connectivity index (χ4n) is 2.82. The zero-order valence-corrected chi connectivity index (χ0v) is 13.4. The minimum atomic E-state index is -0.127. The third-order valence-electron chi connectivity index (χ3n) is 3.92. The number of aromatic nitrogens is 2. The summed E-state index contributed by atoms with van der Waals surface area (Å²) in [5.41, 5.74) is 2.07. The molecule has 1 fully saturated rings. The van der Waals surface area contributed by atoms with E-state index in [4.69, 9.17) is 4.74 Å². The van der Waals surface area contributed by atoms with Crippen molar-refractivity contribution in [3.63, 3.8) is 0 Å². The number of carbonyl (C=O) groups excluding carboxylic acids is 1. The van der Waals surface area contributed by atoms with Gasteiger partial charge in [0.1, 0.15) is 0 Å². The van der Waals surface area contributed by atoms with Gasteiger partial charge in [-0.2, -0.15) is 5.10 Å². The molecule has 0 aliphatic carbocycles. The maximum Gasteiger partial charge on any atom is 0.237 e. The summed E-state index contributed by atoms with van der Waals surface area (Å²) in [7, 11) is 3.54. The Morgan fingerprint density at radius 1 is 1.48 bits per heavy atom. The first kappa shape index (κ1) is 15.8. The second-order valence-electron chi connectivity index (χ2n) is 5.87. The third-order valence-corrected chi connectivity index (χ3v) is 3.92. The summed E-state index contributed by atoms with van der Waals surface area (Å²) in [6, 6.07) is -0.127. The predicted octanol–water partition coefficient (Wildman–Crippen LogP) is 1.31. The first-order valence-electron chi connectivity index (χ1n) is 7.65. The Balaban J connectivity index is 2.13. The number of carbonyl (C=O) groups is 1. The van der Waals surface area contributed by atoms with Crippen LogP contribution in [0.4, 0.5) is 0 Å². The van der Waals surface area contributed by atoms with Crippen LogP contribution in [-0.2, 0) is 18.4 Å². The van der Waals surface area contributed by atoms with Crippen LogP contribution in [0, 0.1) is 0 Å². The van der Waals surface area contributed by atoms with Gasteiger partial charge in [-0.15, -0.1) is 0 Å². The Bertz CT molecular complexity index is 496. The number of rotatable bonds is 5. The highest BCUT2D eigenvalue weighted by molar-refractivity contribution is 5.81. The Morgan fingerprint density at radius 3 is 2.90 bits per heavy atom. The molecule has 2 heterocycles. The van der Waals surface area contributed by atoms with E-state index in [0.29, 0.717) is 12.5 Å². The van der Waals surface area contributed by atoms with E-state index in [1.165, 1.54) is 0 Å². The van der Waals surface area contributed by atoms with E-state index in [-0.39, 0.29) is 11.9 Å². The average molecular weight is 294 g/mol. The molecule has 0 saturated carbocycles. The molecule has 6 nitrogen and oxygen atoms in total. The van der Waals surface area contributed by atoms with Gasteiger partial charge in [-0.25, -0.2) is 4.68 Å². The highest BCUT2D eigenvalue weighted by atomic mass is 16.5. The lowest BCUT2D eigenvalue weighted by molar-refractivity contribution is -0.122.